The van der Waals surface area contributed by atoms with Crippen LogP contribution in [0.25, 0.3) is 33.8 Å². The van der Waals surface area contributed by atoms with Gasteiger partial charge in [0.25, 0.3) is 0 Å². The Morgan fingerprint density at radius 2 is 1.03 bits per heavy atom. The molecule has 0 N–H and O–H groups in total. The maximum absolute atomic E-state index is 8.49. The smallest absolute Gasteiger partial charge is 0.379 e. The van der Waals surface area contributed by atoms with Crippen molar-refractivity contribution in [2.45, 2.75) is 0 Å². The highest BCUT2D eigenvalue weighted by Gasteiger charge is 2.31. The van der Waals surface area contributed by atoms with Gasteiger partial charge in [-0.25, -0.2) is 23.1 Å². The lowest BCUT2D eigenvalue weighted by Crippen LogP contribution is -2.68. The molecule has 1 heterocycles. The van der Waals surface area contributed by atoms with E-state index in [9.17, 15) is 0 Å². The second kappa shape index (κ2) is 11.0. The third kappa shape index (κ3) is 6.66. The molecule has 0 fully saturated rings. The molecule has 0 aliphatic carbocycles. The van der Waals surface area contributed by atoms with E-state index in [1.165, 1.54) is 0 Å². The average Bonchev–Trinajstić information content (AvgIpc) is 2.80. The summed E-state index contributed by atoms with van der Waals surface area (Å²) in [6.45, 7) is 0. The van der Waals surface area contributed by atoms with E-state index in [1.807, 2.05) is 84.9 Å². The third-order valence-electron chi connectivity index (χ3n) is 4.49. The maximum Gasteiger partial charge on any atom is 0.379 e. The van der Waals surface area contributed by atoms with Crippen LogP contribution in [-0.4, -0.2) is 7.11 Å². The minimum Gasteiger partial charge on any atom is -0.497 e. The first-order valence-electron chi connectivity index (χ1n) is 9.41. The Kier molecular flexibility index (Phi) is 8.29. The van der Waals surface area contributed by atoms with Crippen molar-refractivity contribution in [1.29, 1.82) is 0 Å². The second-order valence-electron chi connectivity index (χ2n) is 6.60. The number of methoxy groups -OCH3 is 1. The number of hydrogen-bond donors (Lipinski definition) is 0. The second-order valence-corrected chi connectivity index (χ2v) is 8.11. The first kappa shape index (κ1) is 25.0. The van der Waals surface area contributed by atoms with E-state index in [1.54, 1.807) is 7.11 Å². The summed E-state index contributed by atoms with van der Waals surface area (Å²) >= 11 is 13.6. The van der Waals surface area contributed by atoms with Gasteiger partial charge < -0.3 is 4.74 Å². The van der Waals surface area contributed by atoms with Gasteiger partial charge in [-0.15, -0.1) is 10.2 Å². The molecule has 3 aromatic carbocycles. The molecule has 4 aromatic rings. The summed E-state index contributed by atoms with van der Waals surface area (Å²) in [5.41, 5.74) is 3.39. The summed E-state index contributed by atoms with van der Waals surface area (Å²) < 4.78 is 45.5. The van der Waals surface area contributed by atoms with E-state index in [-0.39, 0.29) is 0 Å². The van der Waals surface area contributed by atoms with Gasteiger partial charge in [0.2, 0.25) is 0 Å². The Morgan fingerprint density at radius 1 is 0.636 bits per heavy atom. The van der Waals surface area contributed by atoms with Crippen molar-refractivity contribution in [2.24, 2.45) is 0 Å². The van der Waals surface area contributed by atoms with Crippen molar-refractivity contribution in [3.05, 3.63) is 95.0 Å². The number of rotatable bonds is 4. The lowest BCUT2D eigenvalue weighted by Gasteiger charge is -2.17. The molecule has 170 valence electrons. The zero-order chi connectivity index (χ0) is 24.0. The largest absolute Gasteiger partial charge is 0.497 e. The van der Waals surface area contributed by atoms with Gasteiger partial charge in [0.05, 0.1) is 18.2 Å². The molecule has 0 aliphatic rings. The Bertz CT molecular complexity index is 1130. The fourth-order valence-electron chi connectivity index (χ4n) is 3.08. The summed E-state index contributed by atoms with van der Waals surface area (Å²) in [7, 11) is -3.31. The highest BCUT2D eigenvalue weighted by atomic mass is 35.7. The van der Waals surface area contributed by atoms with Crippen LogP contribution in [0.3, 0.4) is 0 Å². The highest BCUT2D eigenvalue weighted by molar-refractivity contribution is 6.41. The Balaban J connectivity index is 0.000000555. The van der Waals surface area contributed by atoms with Crippen LogP contribution in [0.2, 0.25) is 10.0 Å². The SMILES string of the molecule is COc1ccc(-c2c(Cl)c(-c3ccccc3)[o+]c(-c3ccccc3)c2Cl)cc1.[O-][Cl+3]([O-])([O-])[O-]. The van der Waals surface area contributed by atoms with Crippen LogP contribution in [0.15, 0.2) is 89.3 Å². The molecule has 0 atom stereocenters. The molecule has 6 nitrogen and oxygen atoms in total. The van der Waals surface area contributed by atoms with Crippen LogP contribution >= 0.6 is 23.2 Å². The molecule has 0 bridgehead atoms. The minimum atomic E-state index is -4.94. The molecule has 0 saturated heterocycles. The van der Waals surface area contributed by atoms with E-state index >= 15 is 0 Å². The Labute approximate surface area is 202 Å². The van der Waals surface area contributed by atoms with Gasteiger partial charge in [-0.2, -0.15) is 0 Å². The maximum atomic E-state index is 8.49. The van der Waals surface area contributed by atoms with Gasteiger partial charge in [-0.1, -0.05) is 71.7 Å². The Hall–Kier alpha value is -2.68. The molecule has 0 amide bonds. The predicted molar refractivity (Wildman–Crippen MR) is 116 cm³/mol. The van der Waals surface area contributed by atoms with Crippen LogP contribution in [0.1, 0.15) is 0 Å². The number of hydrogen-bond acceptors (Lipinski definition) is 5. The molecule has 0 aliphatic heterocycles. The number of benzene rings is 3. The van der Waals surface area contributed by atoms with E-state index in [4.69, 9.17) is 51.0 Å². The zero-order valence-corrected chi connectivity index (χ0v) is 19.4. The van der Waals surface area contributed by atoms with Crippen molar-refractivity contribution in [1.82, 2.24) is 0 Å². The number of ether oxygens (including phenoxy) is 1. The van der Waals surface area contributed by atoms with Gasteiger partial charge in [-0.05, 0) is 42.0 Å². The van der Waals surface area contributed by atoms with Crippen LogP contribution in [0, 0.1) is 10.2 Å². The first-order valence-corrected chi connectivity index (χ1v) is 11.4. The summed E-state index contributed by atoms with van der Waals surface area (Å²) in [6, 6.07) is 27.2. The van der Waals surface area contributed by atoms with Crippen molar-refractivity contribution >= 4 is 23.2 Å². The van der Waals surface area contributed by atoms with Gasteiger partial charge in [0.15, 0.2) is 10.0 Å². The third-order valence-corrected chi connectivity index (χ3v) is 5.21. The van der Waals surface area contributed by atoms with Crippen molar-refractivity contribution in [3.8, 4) is 39.5 Å². The summed E-state index contributed by atoms with van der Waals surface area (Å²) in [6.07, 6.45) is 0. The van der Waals surface area contributed by atoms with Crippen LogP contribution in [-0.2, 0) is 0 Å². The van der Waals surface area contributed by atoms with E-state index in [2.05, 4.69) is 0 Å². The van der Waals surface area contributed by atoms with Crippen molar-refractivity contribution < 1.29 is 38.0 Å². The van der Waals surface area contributed by atoms with Gasteiger partial charge in [0.1, 0.15) is 5.75 Å². The lowest BCUT2D eigenvalue weighted by atomic mass is 10.0. The van der Waals surface area contributed by atoms with Gasteiger partial charge >= 0.3 is 11.5 Å². The molecule has 4 rings (SSSR count). The Morgan fingerprint density at radius 3 is 1.39 bits per heavy atom. The predicted octanol–water partition coefficient (Wildman–Crippen LogP) is 3.12. The summed E-state index contributed by atoms with van der Waals surface area (Å²) in [5.74, 6) is 1.93. The first-order chi connectivity index (χ1) is 15.7. The fourth-order valence-corrected chi connectivity index (χ4v) is 3.83. The topological polar surface area (TPSA) is 113 Å². The van der Waals surface area contributed by atoms with Gasteiger partial charge in [-0.3, -0.25) is 0 Å². The molecule has 0 unspecified atom stereocenters. The molecule has 9 heteroatoms. The van der Waals surface area contributed by atoms with Gasteiger partial charge in [0, 0.05) is 5.56 Å². The summed E-state index contributed by atoms with van der Waals surface area (Å²) in [5, 5.41) is 0.946. The van der Waals surface area contributed by atoms with E-state index < -0.39 is 10.2 Å². The summed E-state index contributed by atoms with van der Waals surface area (Å²) in [4.78, 5) is 0. The molecule has 0 spiro atoms. The molecule has 0 saturated carbocycles. The van der Waals surface area contributed by atoms with Crippen LogP contribution < -0.4 is 23.4 Å². The normalized spacial score (nSPS) is 10.9. The molecule has 33 heavy (non-hydrogen) atoms. The zero-order valence-electron chi connectivity index (χ0n) is 17.2. The monoisotopic (exact) mass is 506 g/mol. The van der Waals surface area contributed by atoms with E-state index in [0.29, 0.717) is 21.6 Å². The van der Waals surface area contributed by atoms with Crippen molar-refractivity contribution in [2.75, 3.05) is 7.11 Å². The highest BCUT2D eigenvalue weighted by Crippen LogP contribution is 2.46. The van der Waals surface area contributed by atoms with E-state index in [0.717, 1.165) is 28.0 Å². The standard InChI is InChI=1S/C24H17Cl2O2.ClHO4/c1-27-19-14-12-16(13-15-19)20-21(25)23(17-8-4-2-5-9-17)28-24(22(20)26)18-10-6-3-7-11-18;2-1(3,4)5/h2-15H,1H3;(H,2,3,4,5)/q+1;/p-1. The molecular weight excluding hydrogens is 491 g/mol. The molecule has 0 radical (unpaired) electrons. The molecule has 1 aromatic heterocycles. The van der Waals surface area contributed by atoms with Crippen LogP contribution in [0.5, 0.6) is 5.75 Å². The number of halogens is 3. The van der Waals surface area contributed by atoms with Crippen molar-refractivity contribution in [3.63, 3.8) is 0 Å². The average molecular weight is 508 g/mol. The minimum absolute atomic E-state index is 0.473. The van der Waals surface area contributed by atoms with Crippen LogP contribution in [0.4, 0.5) is 0 Å². The fraction of sp³-hybridized carbons (Fsp3) is 0.0417. The lowest BCUT2D eigenvalue weighted by molar-refractivity contribution is -2.00. The molecular formula is C24H17Cl3O6. The quantitative estimate of drug-likeness (QED) is 0.392.